The molecule has 1 aliphatic rings. The minimum absolute atomic E-state index is 0.343. The zero-order chi connectivity index (χ0) is 13.0. The summed E-state index contributed by atoms with van der Waals surface area (Å²) >= 11 is 0. The molecular weight excluding hydrogens is 224 g/mol. The Hall–Kier alpha value is -0.870. The van der Waals surface area contributed by atoms with Gasteiger partial charge in [0.25, 0.3) is 0 Å². The summed E-state index contributed by atoms with van der Waals surface area (Å²) in [7, 11) is 0. The molecule has 2 unspecified atom stereocenters. The maximum atomic E-state index is 6.02. The molecule has 1 fully saturated rings. The first kappa shape index (κ1) is 13.6. The molecule has 0 radical (unpaired) electrons. The highest BCUT2D eigenvalue weighted by Gasteiger charge is 2.28. The van der Waals surface area contributed by atoms with Crippen molar-refractivity contribution >= 4 is 0 Å². The first-order chi connectivity index (χ1) is 8.80. The molecule has 1 aromatic rings. The SMILES string of the molecule is CCC1CCCCN1C(CN)c1cnn(CC)c1. The molecule has 18 heavy (non-hydrogen) atoms. The van der Waals surface area contributed by atoms with E-state index in [-0.39, 0.29) is 0 Å². The average molecular weight is 250 g/mol. The molecule has 0 bridgehead atoms. The molecule has 4 nitrogen and oxygen atoms in total. The van der Waals surface area contributed by atoms with Crippen LogP contribution in [0.25, 0.3) is 0 Å². The molecule has 0 spiro atoms. The Labute approximate surface area is 110 Å². The fourth-order valence-electron chi connectivity index (χ4n) is 3.06. The lowest BCUT2D eigenvalue weighted by Gasteiger charge is -2.40. The van der Waals surface area contributed by atoms with Gasteiger partial charge in [0.1, 0.15) is 0 Å². The van der Waals surface area contributed by atoms with Gasteiger partial charge in [-0.3, -0.25) is 9.58 Å². The molecule has 0 aromatic carbocycles. The van der Waals surface area contributed by atoms with Crippen LogP contribution >= 0.6 is 0 Å². The van der Waals surface area contributed by atoms with Gasteiger partial charge in [-0.1, -0.05) is 13.3 Å². The van der Waals surface area contributed by atoms with Crippen LogP contribution in [0.5, 0.6) is 0 Å². The maximum absolute atomic E-state index is 6.02. The van der Waals surface area contributed by atoms with Crippen LogP contribution in [0.2, 0.25) is 0 Å². The zero-order valence-electron chi connectivity index (χ0n) is 11.7. The molecule has 0 saturated carbocycles. The van der Waals surface area contributed by atoms with Gasteiger partial charge in [-0.2, -0.15) is 5.10 Å². The number of piperidine rings is 1. The number of nitrogens with two attached hydrogens (primary N) is 1. The molecule has 1 saturated heterocycles. The summed E-state index contributed by atoms with van der Waals surface area (Å²) in [4.78, 5) is 2.60. The molecule has 2 rings (SSSR count). The van der Waals surface area contributed by atoms with E-state index in [1.807, 2.05) is 10.9 Å². The van der Waals surface area contributed by atoms with Gasteiger partial charge in [-0.15, -0.1) is 0 Å². The lowest BCUT2D eigenvalue weighted by molar-refractivity contribution is 0.0949. The van der Waals surface area contributed by atoms with E-state index in [0.29, 0.717) is 18.6 Å². The fourth-order valence-corrected chi connectivity index (χ4v) is 3.06. The van der Waals surface area contributed by atoms with Crippen molar-refractivity contribution in [2.45, 2.75) is 58.2 Å². The Morgan fingerprint density at radius 3 is 2.89 bits per heavy atom. The van der Waals surface area contributed by atoms with Crippen LogP contribution in [0, 0.1) is 0 Å². The van der Waals surface area contributed by atoms with Crippen LogP contribution in [-0.4, -0.2) is 33.8 Å². The number of aryl methyl sites for hydroxylation is 1. The Balaban J connectivity index is 2.15. The largest absolute Gasteiger partial charge is 0.329 e. The first-order valence-corrected chi connectivity index (χ1v) is 7.28. The normalized spacial score (nSPS) is 23.2. The third-order valence-corrected chi connectivity index (χ3v) is 4.13. The standard InChI is InChI=1S/C14H26N4/c1-3-13-7-5-6-8-18(13)14(9-15)12-10-16-17(4-2)11-12/h10-11,13-14H,3-9,15H2,1-2H3. The summed E-state index contributed by atoms with van der Waals surface area (Å²) in [5.41, 5.74) is 7.30. The second kappa shape index (κ2) is 6.34. The van der Waals surface area contributed by atoms with Crippen LogP contribution in [0.4, 0.5) is 0 Å². The molecular formula is C14H26N4. The van der Waals surface area contributed by atoms with E-state index >= 15 is 0 Å². The van der Waals surface area contributed by atoms with Crippen molar-refractivity contribution < 1.29 is 0 Å². The van der Waals surface area contributed by atoms with Crippen LogP contribution in [0.15, 0.2) is 12.4 Å². The third kappa shape index (κ3) is 2.75. The van der Waals surface area contributed by atoms with Gasteiger partial charge in [0.05, 0.1) is 12.2 Å². The van der Waals surface area contributed by atoms with E-state index in [0.717, 1.165) is 6.54 Å². The second-order valence-electron chi connectivity index (χ2n) is 5.18. The number of nitrogens with zero attached hydrogens (tertiary/aromatic N) is 3. The summed E-state index contributed by atoms with van der Waals surface area (Å²) in [5, 5.41) is 4.38. The number of hydrogen-bond acceptors (Lipinski definition) is 3. The molecule has 102 valence electrons. The Morgan fingerprint density at radius 1 is 1.44 bits per heavy atom. The number of aromatic nitrogens is 2. The van der Waals surface area contributed by atoms with E-state index in [2.05, 4.69) is 30.0 Å². The lowest BCUT2D eigenvalue weighted by Crippen LogP contribution is -2.44. The van der Waals surface area contributed by atoms with Crippen molar-refractivity contribution in [1.82, 2.24) is 14.7 Å². The lowest BCUT2D eigenvalue weighted by atomic mass is 9.96. The number of rotatable bonds is 5. The van der Waals surface area contributed by atoms with Gasteiger partial charge in [0, 0.05) is 30.9 Å². The first-order valence-electron chi connectivity index (χ1n) is 7.28. The molecule has 1 aromatic heterocycles. The van der Waals surface area contributed by atoms with Crippen LogP contribution in [-0.2, 0) is 6.54 Å². The zero-order valence-corrected chi connectivity index (χ0v) is 11.7. The molecule has 0 aliphatic carbocycles. The van der Waals surface area contributed by atoms with Crippen molar-refractivity contribution in [3.8, 4) is 0 Å². The van der Waals surface area contributed by atoms with Crippen molar-refractivity contribution in [2.24, 2.45) is 5.73 Å². The molecule has 2 N–H and O–H groups in total. The van der Waals surface area contributed by atoms with Crippen LogP contribution in [0.1, 0.15) is 51.1 Å². The Kier molecular flexibility index (Phi) is 4.78. The van der Waals surface area contributed by atoms with Crippen LogP contribution in [0.3, 0.4) is 0 Å². The van der Waals surface area contributed by atoms with E-state index in [1.165, 1.54) is 37.8 Å². The topological polar surface area (TPSA) is 47.1 Å². The van der Waals surface area contributed by atoms with E-state index in [1.54, 1.807) is 0 Å². The summed E-state index contributed by atoms with van der Waals surface area (Å²) in [6, 6.07) is 1.04. The molecule has 2 heterocycles. The fraction of sp³-hybridized carbons (Fsp3) is 0.786. The van der Waals surface area contributed by atoms with Gasteiger partial charge in [0.15, 0.2) is 0 Å². The summed E-state index contributed by atoms with van der Waals surface area (Å²) in [5.74, 6) is 0. The minimum atomic E-state index is 0.343. The quantitative estimate of drug-likeness (QED) is 0.871. The van der Waals surface area contributed by atoms with Gasteiger partial charge in [-0.05, 0) is 32.7 Å². The van der Waals surface area contributed by atoms with E-state index < -0.39 is 0 Å². The summed E-state index contributed by atoms with van der Waals surface area (Å²) in [6.07, 6.45) is 9.34. The maximum Gasteiger partial charge on any atom is 0.0538 e. The summed E-state index contributed by atoms with van der Waals surface area (Å²) in [6.45, 7) is 7.19. The Morgan fingerprint density at radius 2 is 2.28 bits per heavy atom. The monoisotopic (exact) mass is 250 g/mol. The van der Waals surface area contributed by atoms with Crippen molar-refractivity contribution in [3.05, 3.63) is 18.0 Å². The second-order valence-corrected chi connectivity index (χ2v) is 5.18. The summed E-state index contributed by atoms with van der Waals surface area (Å²) < 4.78 is 1.99. The van der Waals surface area contributed by atoms with Gasteiger partial charge in [-0.25, -0.2) is 0 Å². The molecule has 2 atom stereocenters. The van der Waals surface area contributed by atoms with E-state index in [4.69, 9.17) is 5.73 Å². The number of hydrogen-bond donors (Lipinski definition) is 1. The molecule has 4 heteroatoms. The van der Waals surface area contributed by atoms with E-state index in [9.17, 15) is 0 Å². The van der Waals surface area contributed by atoms with Gasteiger partial charge >= 0.3 is 0 Å². The highest BCUT2D eigenvalue weighted by Crippen LogP contribution is 2.29. The molecule has 1 aliphatic heterocycles. The predicted molar refractivity (Wildman–Crippen MR) is 74.3 cm³/mol. The van der Waals surface area contributed by atoms with Gasteiger partial charge < -0.3 is 5.73 Å². The van der Waals surface area contributed by atoms with Crippen molar-refractivity contribution in [1.29, 1.82) is 0 Å². The third-order valence-electron chi connectivity index (χ3n) is 4.13. The smallest absolute Gasteiger partial charge is 0.0538 e. The molecule has 0 amide bonds. The van der Waals surface area contributed by atoms with Crippen molar-refractivity contribution in [2.75, 3.05) is 13.1 Å². The highest BCUT2D eigenvalue weighted by molar-refractivity contribution is 5.12. The average Bonchev–Trinajstić information content (AvgIpc) is 2.89. The predicted octanol–water partition coefficient (Wildman–Crippen LogP) is 2.17. The van der Waals surface area contributed by atoms with Crippen LogP contribution < -0.4 is 5.73 Å². The Bertz CT molecular complexity index is 360. The van der Waals surface area contributed by atoms with Crippen molar-refractivity contribution in [3.63, 3.8) is 0 Å². The minimum Gasteiger partial charge on any atom is -0.329 e. The number of likely N-dealkylation sites (tertiary alicyclic amines) is 1. The van der Waals surface area contributed by atoms with Gasteiger partial charge in [0.2, 0.25) is 0 Å². The highest BCUT2D eigenvalue weighted by atomic mass is 15.3.